The fraction of sp³-hybridized carbons (Fsp3) is 0.588. The molecule has 3 rings (SSSR count). The summed E-state index contributed by atoms with van der Waals surface area (Å²) < 4.78 is 5.62. The molecule has 1 fully saturated rings. The second kappa shape index (κ2) is 6.48. The minimum absolute atomic E-state index is 0.0687. The molecule has 4 nitrogen and oxygen atoms in total. The van der Waals surface area contributed by atoms with Crippen LogP contribution >= 0.6 is 0 Å². The molecule has 0 aromatic heterocycles. The maximum Gasteiger partial charge on any atom is 0.227 e. The van der Waals surface area contributed by atoms with Gasteiger partial charge >= 0.3 is 0 Å². The number of carbonyl (C=O) groups is 1. The van der Waals surface area contributed by atoms with Gasteiger partial charge in [-0.2, -0.15) is 0 Å². The first-order chi connectivity index (χ1) is 10.2. The van der Waals surface area contributed by atoms with E-state index < -0.39 is 0 Å². The average molecular weight is 288 g/mol. The van der Waals surface area contributed by atoms with Crippen molar-refractivity contribution in [3.63, 3.8) is 0 Å². The molecule has 1 aliphatic carbocycles. The van der Waals surface area contributed by atoms with E-state index in [1.54, 1.807) is 0 Å². The van der Waals surface area contributed by atoms with Crippen molar-refractivity contribution in [3.8, 4) is 5.75 Å². The van der Waals surface area contributed by atoms with Crippen molar-refractivity contribution in [1.82, 2.24) is 5.32 Å². The van der Waals surface area contributed by atoms with Gasteiger partial charge < -0.3 is 15.8 Å². The first-order valence-corrected chi connectivity index (χ1v) is 7.99. The van der Waals surface area contributed by atoms with Gasteiger partial charge in [0.25, 0.3) is 0 Å². The number of ether oxygens (including phenoxy) is 1. The van der Waals surface area contributed by atoms with E-state index in [2.05, 4.69) is 5.32 Å². The molecular weight excluding hydrogens is 264 g/mol. The van der Waals surface area contributed by atoms with Gasteiger partial charge in [0.15, 0.2) is 0 Å². The lowest BCUT2D eigenvalue weighted by Crippen LogP contribution is -2.37. The van der Waals surface area contributed by atoms with Crippen LogP contribution in [-0.4, -0.2) is 25.1 Å². The fourth-order valence-electron chi connectivity index (χ4n) is 3.37. The van der Waals surface area contributed by atoms with E-state index in [9.17, 15) is 4.79 Å². The van der Waals surface area contributed by atoms with Crippen LogP contribution in [0.15, 0.2) is 24.3 Å². The summed E-state index contributed by atoms with van der Waals surface area (Å²) in [6.45, 7) is 1.40. The van der Waals surface area contributed by atoms with Crippen LogP contribution in [0.25, 0.3) is 0 Å². The van der Waals surface area contributed by atoms with E-state index in [-0.39, 0.29) is 11.8 Å². The molecule has 1 amide bonds. The number of hydrogen-bond acceptors (Lipinski definition) is 3. The number of fused-ring (bicyclic) bond motifs is 1. The molecule has 1 aromatic carbocycles. The molecule has 0 spiro atoms. The summed E-state index contributed by atoms with van der Waals surface area (Å²) in [6, 6.07) is 8.22. The maximum atomic E-state index is 12.5. The van der Waals surface area contributed by atoms with Crippen LogP contribution in [0.3, 0.4) is 0 Å². The Labute approximate surface area is 126 Å². The van der Waals surface area contributed by atoms with E-state index >= 15 is 0 Å². The first kappa shape index (κ1) is 14.4. The Morgan fingerprint density at radius 3 is 2.76 bits per heavy atom. The van der Waals surface area contributed by atoms with E-state index in [0.29, 0.717) is 18.6 Å². The van der Waals surface area contributed by atoms with Gasteiger partial charge in [0.1, 0.15) is 5.75 Å². The van der Waals surface area contributed by atoms with Crippen LogP contribution in [0, 0.1) is 5.92 Å². The molecule has 114 valence electrons. The highest BCUT2D eigenvalue weighted by atomic mass is 16.5. The molecule has 1 unspecified atom stereocenters. The summed E-state index contributed by atoms with van der Waals surface area (Å²) in [5.74, 6) is 1.51. The molecule has 3 N–H and O–H groups in total. The number of hydrogen-bond donors (Lipinski definition) is 2. The van der Waals surface area contributed by atoms with E-state index in [1.807, 2.05) is 24.3 Å². The Morgan fingerprint density at radius 2 is 1.95 bits per heavy atom. The predicted octanol–water partition coefficient (Wildman–Crippen LogP) is 2.19. The van der Waals surface area contributed by atoms with Crippen LogP contribution in [0.2, 0.25) is 0 Å². The molecule has 21 heavy (non-hydrogen) atoms. The van der Waals surface area contributed by atoms with E-state index in [4.69, 9.17) is 10.5 Å². The molecular formula is C17H24N2O2. The minimum atomic E-state index is -0.0687. The lowest BCUT2D eigenvalue weighted by Gasteiger charge is -2.28. The normalized spacial score (nSPS) is 28.3. The van der Waals surface area contributed by atoms with Crippen molar-refractivity contribution in [2.45, 2.75) is 44.1 Å². The molecule has 0 bridgehead atoms. The van der Waals surface area contributed by atoms with Gasteiger partial charge in [0.2, 0.25) is 5.91 Å². The molecule has 1 aromatic rings. The standard InChI is InChI=1S/C17H24N2O2/c18-13-7-5-12(6-8-13)11-19-17(20)15-9-10-21-16-4-2-1-3-14(15)16/h1-4,12-13,15H,5-11,18H2,(H,19,20). The Balaban J connectivity index is 1.57. The summed E-state index contributed by atoms with van der Waals surface area (Å²) in [7, 11) is 0. The Bertz CT molecular complexity index is 495. The van der Waals surface area contributed by atoms with Crippen molar-refractivity contribution < 1.29 is 9.53 Å². The molecule has 0 saturated heterocycles. The zero-order valence-electron chi connectivity index (χ0n) is 12.4. The number of carbonyl (C=O) groups excluding carboxylic acids is 1. The predicted molar refractivity (Wildman–Crippen MR) is 82.2 cm³/mol. The molecule has 2 aliphatic rings. The molecule has 1 heterocycles. The fourth-order valence-corrected chi connectivity index (χ4v) is 3.37. The Morgan fingerprint density at radius 1 is 1.19 bits per heavy atom. The van der Waals surface area contributed by atoms with Crippen molar-refractivity contribution in [1.29, 1.82) is 0 Å². The third kappa shape index (κ3) is 3.38. The summed E-state index contributed by atoms with van der Waals surface area (Å²) in [5, 5.41) is 3.14. The smallest absolute Gasteiger partial charge is 0.227 e. The van der Waals surface area contributed by atoms with E-state index in [0.717, 1.165) is 50.0 Å². The minimum Gasteiger partial charge on any atom is -0.493 e. The highest BCUT2D eigenvalue weighted by Gasteiger charge is 2.28. The van der Waals surface area contributed by atoms with Gasteiger partial charge in [-0.05, 0) is 44.1 Å². The van der Waals surface area contributed by atoms with Crippen LogP contribution in [-0.2, 0) is 4.79 Å². The largest absolute Gasteiger partial charge is 0.493 e. The van der Waals surface area contributed by atoms with Crippen molar-refractivity contribution in [2.75, 3.05) is 13.2 Å². The highest BCUT2D eigenvalue weighted by Crippen LogP contribution is 2.33. The number of rotatable bonds is 3. The lowest BCUT2D eigenvalue weighted by molar-refractivity contribution is -0.123. The average Bonchev–Trinajstić information content (AvgIpc) is 2.53. The molecule has 0 radical (unpaired) electrons. The second-order valence-corrected chi connectivity index (χ2v) is 6.25. The highest BCUT2D eigenvalue weighted by molar-refractivity contribution is 5.84. The van der Waals surface area contributed by atoms with Gasteiger partial charge in [0.05, 0.1) is 12.5 Å². The summed E-state index contributed by atoms with van der Waals surface area (Å²) in [6.07, 6.45) is 5.19. The topological polar surface area (TPSA) is 64.3 Å². The molecule has 4 heteroatoms. The van der Waals surface area contributed by atoms with Gasteiger partial charge in [-0.3, -0.25) is 4.79 Å². The van der Waals surface area contributed by atoms with Crippen LogP contribution in [0.1, 0.15) is 43.6 Å². The van der Waals surface area contributed by atoms with Gasteiger partial charge in [-0.1, -0.05) is 18.2 Å². The summed E-state index contributed by atoms with van der Waals surface area (Å²) in [5.41, 5.74) is 6.94. The van der Waals surface area contributed by atoms with Crippen LogP contribution in [0.4, 0.5) is 0 Å². The van der Waals surface area contributed by atoms with E-state index in [1.165, 1.54) is 0 Å². The number of amides is 1. The van der Waals surface area contributed by atoms with Gasteiger partial charge in [0, 0.05) is 18.2 Å². The molecule has 1 saturated carbocycles. The third-order valence-electron chi connectivity index (χ3n) is 4.73. The number of nitrogens with two attached hydrogens (primary N) is 1. The quantitative estimate of drug-likeness (QED) is 0.896. The van der Waals surface area contributed by atoms with Gasteiger partial charge in [-0.15, -0.1) is 0 Å². The first-order valence-electron chi connectivity index (χ1n) is 7.99. The maximum absolute atomic E-state index is 12.5. The zero-order valence-corrected chi connectivity index (χ0v) is 12.4. The van der Waals surface area contributed by atoms with Crippen molar-refractivity contribution in [3.05, 3.63) is 29.8 Å². The monoisotopic (exact) mass is 288 g/mol. The molecule has 1 aliphatic heterocycles. The van der Waals surface area contributed by atoms with Crippen LogP contribution < -0.4 is 15.8 Å². The summed E-state index contributed by atoms with van der Waals surface area (Å²) in [4.78, 5) is 12.5. The summed E-state index contributed by atoms with van der Waals surface area (Å²) >= 11 is 0. The number of nitrogens with one attached hydrogen (secondary N) is 1. The molecule has 1 atom stereocenters. The SMILES string of the molecule is NC1CCC(CNC(=O)C2CCOc3ccccc32)CC1. The van der Waals surface area contributed by atoms with Crippen LogP contribution in [0.5, 0.6) is 5.75 Å². The lowest BCUT2D eigenvalue weighted by atomic mass is 9.86. The van der Waals surface area contributed by atoms with Gasteiger partial charge in [-0.25, -0.2) is 0 Å². The number of benzene rings is 1. The number of para-hydroxylation sites is 1. The van der Waals surface area contributed by atoms with Crippen molar-refractivity contribution in [2.24, 2.45) is 11.7 Å². The third-order valence-corrected chi connectivity index (χ3v) is 4.73. The second-order valence-electron chi connectivity index (χ2n) is 6.25. The Hall–Kier alpha value is -1.55. The van der Waals surface area contributed by atoms with Crippen molar-refractivity contribution >= 4 is 5.91 Å². The Kier molecular flexibility index (Phi) is 4.44. The zero-order chi connectivity index (χ0) is 14.7.